The second-order valence-electron chi connectivity index (χ2n) is 5.59. The van der Waals surface area contributed by atoms with Crippen LogP contribution in [0.1, 0.15) is 0 Å². The third kappa shape index (κ3) is 6.17. The molecule has 0 unspecified atom stereocenters. The predicted octanol–water partition coefficient (Wildman–Crippen LogP) is 1.66. The van der Waals surface area contributed by atoms with Crippen molar-refractivity contribution in [3.05, 3.63) is 82.9 Å². The quantitative estimate of drug-likeness (QED) is 0.212. The van der Waals surface area contributed by atoms with Gasteiger partial charge in [0.2, 0.25) is 0 Å². The van der Waals surface area contributed by atoms with E-state index < -0.39 is 15.0 Å². The molecule has 3 rings (SSSR count). The molecule has 0 spiro atoms. The van der Waals surface area contributed by atoms with E-state index >= 15 is 0 Å². The molecule has 0 saturated carbocycles. The van der Waals surface area contributed by atoms with Gasteiger partial charge in [-0.1, -0.05) is 12.1 Å². The van der Waals surface area contributed by atoms with Crippen molar-refractivity contribution in [1.82, 2.24) is 0 Å². The Morgan fingerprint density at radius 2 is 1.34 bits per heavy atom. The zero-order valence-corrected chi connectivity index (χ0v) is 18.0. The van der Waals surface area contributed by atoms with Gasteiger partial charge in [0, 0.05) is 11.8 Å². The van der Waals surface area contributed by atoms with Gasteiger partial charge in [-0.05, 0) is 54.6 Å². The maximum Gasteiger partial charge on any atom is 1.00 e. The number of nitrogens with one attached hydrogen (secondary N) is 1. The van der Waals surface area contributed by atoms with Crippen LogP contribution < -0.4 is 34.9 Å². The van der Waals surface area contributed by atoms with E-state index in [4.69, 9.17) is 0 Å². The van der Waals surface area contributed by atoms with E-state index in [2.05, 4.69) is 15.5 Å². The Balaban J connectivity index is 0.00000300. The van der Waals surface area contributed by atoms with Crippen LogP contribution in [0.2, 0.25) is 0 Å². The Labute approximate surface area is 188 Å². The van der Waals surface area contributed by atoms with Gasteiger partial charge in [0.1, 0.15) is 15.8 Å². The molecule has 11 heteroatoms. The molecule has 29 heavy (non-hydrogen) atoms. The van der Waals surface area contributed by atoms with Gasteiger partial charge >= 0.3 is 29.6 Å². The summed E-state index contributed by atoms with van der Waals surface area (Å²) in [4.78, 5) is 10.2. The summed E-state index contributed by atoms with van der Waals surface area (Å²) in [5, 5.41) is 22.0. The fourth-order valence-electron chi connectivity index (χ4n) is 2.30. The fourth-order valence-corrected chi connectivity index (χ4v) is 2.77. The minimum atomic E-state index is -4.50. The molecule has 0 heterocycles. The molecular weight excluding hydrogens is 407 g/mol. The number of azo groups is 1. The summed E-state index contributed by atoms with van der Waals surface area (Å²) in [5.74, 6) is 0. The van der Waals surface area contributed by atoms with Crippen LogP contribution in [0.3, 0.4) is 0 Å². The zero-order valence-electron chi connectivity index (χ0n) is 15.2. The molecule has 9 nitrogen and oxygen atoms in total. The summed E-state index contributed by atoms with van der Waals surface area (Å²) in [5.41, 5.74) is 1.88. The van der Waals surface area contributed by atoms with Crippen molar-refractivity contribution >= 4 is 38.6 Å². The summed E-state index contributed by atoms with van der Waals surface area (Å²) < 4.78 is 32.7. The molecule has 3 aromatic rings. The summed E-state index contributed by atoms with van der Waals surface area (Å²) in [6, 6.07) is 18.1. The molecule has 0 atom stereocenters. The van der Waals surface area contributed by atoms with Crippen LogP contribution in [0, 0.1) is 10.1 Å². The number of rotatable bonds is 6. The number of nitro benzene ring substituents is 1. The molecule has 0 amide bonds. The molecule has 3 aromatic carbocycles. The first-order valence-electron chi connectivity index (χ1n) is 7.91. The third-order valence-corrected chi connectivity index (χ3v) is 4.50. The third-order valence-electron chi connectivity index (χ3n) is 3.65. The van der Waals surface area contributed by atoms with Crippen molar-refractivity contribution in [3.63, 3.8) is 0 Å². The Bertz CT molecular complexity index is 1130. The first-order valence-corrected chi connectivity index (χ1v) is 9.32. The normalized spacial score (nSPS) is 11.1. The smallest absolute Gasteiger partial charge is 0.744 e. The van der Waals surface area contributed by atoms with Crippen molar-refractivity contribution in [2.45, 2.75) is 4.90 Å². The van der Waals surface area contributed by atoms with E-state index in [1.165, 1.54) is 18.2 Å². The van der Waals surface area contributed by atoms with Crippen LogP contribution in [-0.2, 0) is 10.1 Å². The molecule has 0 bridgehead atoms. The first kappa shape index (κ1) is 22.7. The molecule has 142 valence electrons. The van der Waals surface area contributed by atoms with E-state index in [-0.39, 0.29) is 40.1 Å². The van der Waals surface area contributed by atoms with Crippen LogP contribution >= 0.6 is 0 Å². The molecule has 0 radical (unpaired) electrons. The Morgan fingerprint density at radius 3 is 1.86 bits per heavy atom. The maximum atomic E-state index is 11.0. The number of nitro groups is 1. The number of nitrogens with zero attached hydrogens (tertiary/aromatic N) is 3. The Kier molecular flexibility index (Phi) is 7.59. The van der Waals surface area contributed by atoms with Crippen molar-refractivity contribution in [1.29, 1.82) is 0 Å². The summed E-state index contributed by atoms with van der Waals surface area (Å²) in [6.07, 6.45) is 0. The van der Waals surface area contributed by atoms with Crippen LogP contribution in [0.25, 0.3) is 0 Å². The minimum absolute atomic E-state index is 0. The summed E-state index contributed by atoms with van der Waals surface area (Å²) in [7, 11) is -4.50. The van der Waals surface area contributed by atoms with Crippen molar-refractivity contribution in [3.8, 4) is 0 Å². The molecule has 1 N–H and O–H groups in total. The van der Waals surface area contributed by atoms with E-state index in [9.17, 15) is 23.1 Å². The fraction of sp³-hybridized carbons (Fsp3) is 0. The standard InChI is InChI=1S/C18H14N4O5S.Na/c23-22(24)18-4-2-1-3-17(18)19-13-5-7-14(8-6-13)20-21-15-9-11-16(12-10-15)28(25,26)27;/h1-12,19H,(H,25,26,27);/q;+1/p-1. The molecular formula is C18H13N4NaO5S. The van der Waals surface area contributed by atoms with Gasteiger partial charge in [-0.3, -0.25) is 10.1 Å². The molecule has 0 aromatic heterocycles. The van der Waals surface area contributed by atoms with Gasteiger partial charge in [-0.15, -0.1) is 0 Å². The molecule has 0 aliphatic rings. The Hall–Kier alpha value is -2.63. The average molecular weight is 420 g/mol. The van der Waals surface area contributed by atoms with Crippen molar-refractivity contribution in [2.75, 3.05) is 5.32 Å². The first-order chi connectivity index (χ1) is 13.3. The van der Waals surface area contributed by atoms with Crippen LogP contribution in [0.15, 0.2) is 87.9 Å². The van der Waals surface area contributed by atoms with E-state index in [1.54, 1.807) is 42.5 Å². The zero-order chi connectivity index (χ0) is 20.1. The predicted molar refractivity (Wildman–Crippen MR) is 101 cm³/mol. The summed E-state index contributed by atoms with van der Waals surface area (Å²) in [6.45, 7) is 0. The average Bonchev–Trinajstić information content (AvgIpc) is 2.67. The molecule has 0 aliphatic heterocycles. The van der Waals surface area contributed by atoms with E-state index in [0.29, 0.717) is 22.7 Å². The van der Waals surface area contributed by atoms with Crippen molar-refractivity contribution in [2.24, 2.45) is 10.2 Å². The van der Waals surface area contributed by atoms with Gasteiger partial charge in [-0.2, -0.15) is 10.2 Å². The number of benzene rings is 3. The number of para-hydroxylation sites is 2. The Morgan fingerprint density at radius 1 is 0.828 bits per heavy atom. The van der Waals surface area contributed by atoms with Crippen LogP contribution in [0.5, 0.6) is 0 Å². The largest absolute Gasteiger partial charge is 1.00 e. The van der Waals surface area contributed by atoms with Gasteiger partial charge in [-0.25, -0.2) is 8.42 Å². The van der Waals surface area contributed by atoms with Crippen molar-refractivity contribution < 1.29 is 47.5 Å². The number of hydrogen-bond donors (Lipinski definition) is 1. The molecule has 0 aliphatic carbocycles. The van der Waals surface area contributed by atoms with Crippen LogP contribution in [-0.4, -0.2) is 17.9 Å². The SMILES string of the molecule is O=[N+]([O-])c1ccccc1Nc1ccc(N=Nc2ccc(S(=O)(=O)[O-])cc2)cc1.[Na+]. The maximum absolute atomic E-state index is 11.0. The van der Waals surface area contributed by atoms with Crippen LogP contribution in [0.4, 0.5) is 28.4 Å². The second kappa shape index (κ2) is 9.72. The molecule has 0 fully saturated rings. The monoisotopic (exact) mass is 420 g/mol. The minimum Gasteiger partial charge on any atom is -0.744 e. The molecule has 0 saturated heterocycles. The van der Waals surface area contributed by atoms with Gasteiger partial charge in [0.15, 0.2) is 0 Å². The van der Waals surface area contributed by atoms with Gasteiger partial charge in [0.05, 0.1) is 21.2 Å². The van der Waals surface area contributed by atoms with Gasteiger partial charge in [0.25, 0.3) is 5.69 Å². The number of anilines is 2. The topological polar surface area (TPSA) is 137 Å². The van der Waals surface area contributed by atoms with E-state index in [1.807, 2.05) is 0 Å². The second-order valence-corrected chi connectivity index (χ2v) is 6.97. The van der Waals surface area contributed by atoms with Gasteiger partial charge < -0.3 is 9.87 Å². The summed E-state index contributed by atoms with van der Waals surface area (Å²) >= 11 is 0. The number of hydrogen-bond acceptors (Lipinski definition) is 8. The van der Waals surface area contributed by atoms with E-state index in [0.717, 1.165) is 12.1 Å².